The molecule has 0 aliphatic heterocycles. The number of carboxylic acids is 1. The first-order valence-corrected chi connectivity index (χ1v) is 4.87. The summed E-state index contributed by atoms with van der Waals surface area (Å²) in [6, 6.07) is 4.45. The van der Waals surface area contributed by atoms with E-state index in [1.165, 1.54) is 12.1 Å². The molecule has 0 N–H and O–H groups in total. The van der Waals surface area contributed by atoms with Crippen molar-refractivity contribution in [3.63, 3.8) is 0 Å². The van der Waals surface area contributed by atoms with E-state index in [2.05, 4.69) is 4.52 Å². The molecular formula is C7H4O6P-3. The summed E-state index contributed by atoms with van der Waals surface area (Å²) in [4.78, 5) is 30.7. The Bertz CT molecular complexity index is 395. The van der Waals surface area contributed by atoms with Gasteiger partial charge in [-0.1, -0.05) is 12.1 Å². The quantitative estimate of drug-likeness (QED) is 0.553. The average molecular weight is 215 g/mol. The lowest BCUT2D eigenvalue weighted by Gasteiger charge is -2.29. The Balaban J connectivity index is 2.95. The third-order valence-electron chi connectivity index (χ3n) is 1.29. The van der Waals surface area contributed by atoms with E-state index in [-0.39, 0.29) is 11.3 Å². The van der Waals surface area contributed by atoms with Crippen LogP contribution in [0, 0.1) is 0 Å². The molecule has 0 unspecified atom stereocenters. The summed E-state index contributed by atoms with van der Waals surface area (Å²) in [5.41, 5.74) is -0.268. The maximum atomic E-state index is 10.3. The van der Waals surface area contributed by atoms with Crippen LogP contribution in [0.1, 0.15) is 10.4 Å². The fourth-order valence-electron chi connectivity index (χ4n) is 0.809. The Morgan fingerprint density at radius 1 is 1.36 bits per heavy atom. The summed E-state index contributed by atoms with van der Waals surface area (Å²) >= 11 is 0. The number of rotatable bonds is 3. The van der Waals surface area contributed by atoms with Crippen molar-refractivity contribution in [3.05, 3.63) is 29.8 Å². The second-order valence-corrected chi connectivity index (χ2v) is 3.43. The lowest BCUT2D eigenvalue weighted by molar-refractivity contribution is -0.333. The van der Waals surface area contributed by atoms with Crippen molar-refractivity contribution in [3.8, 4) is 5.75 Å². The molecule has 0 bridgehead atoms. The standard InChI is InChI=1S/C7H7O6P/c8-7(9)5-2-1-3-6(4-5)13-14(10,11)12/h1-4H,(H,8,9)(H2,10,11,12)/p-3. The minimum absolute atomic E-state index is 0.268. The van der Waals surface area contributed by atoms with Gasteiger partial charge < -0.3 is 28.8 Å². The van der Waals surface area contributed by atoms with Gasteiger partial charge in [0.15, 0.2) is 0 Å². The lowest BCUT2D eigenvalue weighted by atomic mass is 10.2. The number of aromatic carboxylic acids is 1. The van der Waals surface area contributed by atoms with E-state index in [0.717, 1.165) is 12.1 Å². The Morgan fingerprint density at radius 3 is 2.50 bits per heavy atom. The normalized spacial score (nSPS) is 11.0. The number of carbonyl (C=O) groups excluding carboxylic acids is 1. The van der Waals surface area contributed by atoms with Gasteiger partial charge in [0.05, 0.1) is 5.97 Å². The molecule has 14 heavy (non-hydrogen) atoms. The highest BCUT2D eigenvalue weighted by molar-refractivity contribution is 7.43. The topological polar surface area (TPSA) is 113 Å². The van der Waals surface area contributed by atoms with Crippen molar-refractivity contribution in [2.45, 2.75) is 0 Å². The predicted octanol–water partition coefficient (Wildman–Crippen LogP) is -1.74. The first kappa shape index (κ1) is 10.7. The van der Waals surface area contributed by atoms with Gasteiger partial charge in [-0.3, -0.25) is 0 Å². The molecular weight excluding hydrogens is 211 g/mol. The molecule has 0 aliphatic carbocycles. The molecule has 6 nitrogen and oxygen atoms in total. The maximum absolute atomic E-state index is 10.3. The van der Waals surface area contributed by atoms with Crippen molar-refractivity contribution in [2.75, 3.05) is 0 Å². The number of carbonyl (C=O) groups is 1. The van der Waals surface area contributed by atoms with Crippen LogP contribution in [0.3, 0.4) is 0 Å². The number of phosphoric ester groups is 1. The molecule has 0 spiro atoms. The molecule has 0 aromatic heterocycles. The fraction of sp³-hybridized carbons (Fsp3) is 0. The van der Waals surface area contributed by atoms with E-state index in [9.17, 15) is 24.3 Å². The molecule has 0 atom stereocenters. The zero-order valence-corrected chi connectivity index (χ0v) is 7.60. The SMILES string of the molecule is O=C([O-])c1cccc(OP(=O)([O-])[O-])c1. The van der Waals surface area contributed by atoms with Crippen LogP contribution >= 0.6 is 7.82 Å². The van der Waals surface area contributed by atoms with Gasteiger partial charge in [0.1, 0.15) is 13.6 Å². The molecule has 0 saturated carbocycles. The van der Waals surface area contributed by atoms with Crippen LogP contribution in [-0.4, -0.2) is 5.97 Å². The van der Waals surface area contributed by atoms with Crippen LogP contribution in [0.25, 0.3) is 0 Å². The fourth-order valence-corrected chi connectivity index (χ4v) is 1.18. The van der Waals surface area contributed by atoms with Gasteiger partial charge >= 0.3 is 0 Å². The van der Waals surface area contributed by atoms with Crippen LogP contribution in [0.2, 0.25) is 0 Å². The van der Waals surface area contributed by atoms with Crippen LogP contribution in [0.4, 0.5) is 0 Å². The first-order valence-electron chi connectivity index (χ1n) is 3.41. The first-order chi connectivity index (χ1) is 6.38. The molecule has 0 heterocycles. The van der Waals surface area contributed by atoms with Crippen LogP contribution in [-0.2, 0) is 4.57 Å². The molecule has 1 rings (SSSR count). The van der Waals surface area contributed by atoms with Crippen LogP contribution in [0.5, 0.6) is 5.75 Å². The Labute approximate surface area is 79.0 Å². The van der Waals surface area contributed by atoms with Gasteiger partial charge in [0, 0.05) is 5.56 Å². The minimum Gasteiger partial charge on any atom is -0.780 e. The zero-order chi connectivity index (χ0) is 10.8. The van der Waals surface area contributed by atoms with E-state index >= 15 is 0 Å². The highest BCUT2D eigenvalue weighted by atomic mass is 31.2. The van der Waals surface area contributed by atoms with Crippen molar-refractivity contribution in [1.82, 2.24) is 0 Å². The summed E-state index contributed by atoms with van der Waals surface area (Å²) in [7, 11) is -5.15. The molecule has 76 valence electrons. The molecule has 0 saturated heterocycles. The van der Waals surface area contributed by atoms with Crippen LogP contribution in [0.15, 0.2) is 24.3 Å². The van der Waals surface area contributed by atoms with Gasteiger partial charge in [-0.05, 0) is 12.1 Å². The molecule has 0 fully saturated rings. The molecule has 0 amide bonds. The van der Waals surface area contributed by atoms with Crippen LogP contribution < -0.4 is 19.4 Å². The summed E-state index contributed by atoms with van der Waals surface area (Å²) in [5, 5.41) is 10.3. The van der Waals surface area contributed by atoms with Gasteiger partial charge in [-0.25, -0.2) is 0 Å². The van der Waals surface area contributed by atoms with Gasteiger partial charge in [0.2, 0.25) is 0 Å². The van der Waals surface area contributed by atoms with E-state index in [1.54, 1.807) is 0 Å². The van der Waals surface area contributed by atoms with E-state index in [0.29, 0.717) is 0 Å². The average Bonchev–Trinajstić information content (AvgIpc) is 2.01. The molecule has 0 radical (unpaired) electrons. The molecule has 0 aliphatic rings. The lowest BCUT2D eigenvalue weighted by Crippen LogP contribution is -2.22. The van der Waals surface area contributed by atoms with Gasteiger partial charge in [-0.2, -0.15) is 0 Å². The summed E-state index contributed by atoms with van der Waals surface area (Å²) < 4.78 is 14.1. The monoisotopic (exact) mass is 215 g/mol. The Hall–Kier alpha value is -1.36. The largest absolute Gasteiger partial charge is 0.780 e. The highest BCUT2D eigenvalue weighted by Gasteiger charge is 1.99. The predicted molar refractivity (Wildman–Crippen MR) is 39.0 cm³/mol. The second-order valence-electron chi connectivity index (χ2n) is 2.35. The van der Waals surface area contributed by atoms with Crippen molar-refractivity contribution in [1.29, 1.82) is 0 Å². The van der Waals surface area contributed by atoms with Crippen molar-refractivity contribution < 1.29 is 28.8 Å². The smallest absolute Gasteiger partial charge is 0.125 e. The number of hydrogen-bond acceptors (Lipinski definition) is 6. The van der Waals surface area contributed by atoms with E-state index < -0.39 is 13.8 Å². The van der Waals surface area contributed by atoms with Crippen molar-refractivity contribution >= 4 is 13.8 Å². The van der Waals surface area contributed by atoms with E-state index in [1.807, 2.05) is 0 Å². The molecule has 7 heteroatoms. The number of hydrogen-bond donors (Lipinski definition) is 0. The van der Waals surface area contributed by atoms with Gasteiger partial charge in [0.25, 0.3) is 0 Å². The van der Waals surface area contributed by atoms with E-state index in [4.69, 9.17) is 0 Å². The molecule has 1 aromatic carbocycles. The van der Waals surface area contributed by atoms with Gasteiger partial charge in [-0.15, -0.1) is 0 Å². The number of phosphoric acid groups is 1. The Kier molecular flexibility index (Phi) is 2.90. The third-order valence-corrected chi connectivity index (χ3v) is 1.72. The Morgan fingerprint density at radius 2 is 2.00 bits per heavy atom. The summed E-state index contributed by atoms with van der Waals surface area (Å²) in [6.45, 7) is 0. The summed E-state index contributed by atoms with van der Waals surface area (Å²) in [6.07, 6.45) is 0. The third kappa shape index (κ3) is 3.18. The molecule has 1 aromatic rings. The zero-order valence-electron chi connectivity index (χ0n) is 6.71. The minimum atomic E-state index is -5.15. The highest BCUT2D eigenvalue weighted by Crippen LogP contribution is 2.29. The van der Waals surface area contributed by atoms with Crippen molar-refractivity contribution in [2.24, 2.45) is 0 Å². The number of carboxylic acid groups (broad SMARTS) is 1. The number of benzene rings is 1. The summed E-state index contributed by atoms with van der Waals surface area (Å²) in [5.74, 6) is -1.83. The second kappa shape index (κ2) is 3.79. The maximum Gasteiger partial charge on any atom is 0.125 e.